The molecule has 2 aliphatic rings. The van der Waals surface area contributed by atoms with Crippen LogP contribution in [0.15, 0.2) is 12.1 Å². The van der Waals surface area contributed by atoms with Gasteiger partial charge in [0.1, 0.15) is 5.60 Å². The maximum atomic E-state index is 10.8. The number of rotatable bonds is 1. The molecule has 0 radical (unpaired) electrons. The number of aliphatic hydroxyl groups is 1. The van der Waals surface area contributed by atoms with Crippen LogP contribution in [0.1, 0.15) is 43.1 Å². The van der Waals surface area contributed by atoms with Gasteiger partial charge in [0, 0.05) is 11.1 Å². The molecule has 0 amide bonds. The van der Waals surface area contributed by atoms with Crippen molar-refractivity contribution in [2.45, 2.75) is 45.1 Å². The van der Waals surface area contributed by atoms with Gasteiger partial charge in [0.2, 0.25) is 0 Å². The first-order valence-electron chi connectivity index (χ1n) is 5.81. The maximum absolute atomic E-state index is 10.8. The average Bonchev–Trinajstić information content (AvgIpc) is 2.96. The fourth-order valence-electron chi connectivity index (χ4n) is 3.13. The van der Waals surface area contributed by atoms with Crippen LogP contribution in [0.3, 0.4) is 0 Å². The molecule has 0 aliphatic heterocycles. The second-order valence-electron chi connectivity index (χ2n) is 5.13. The Hall–Kier alpha value is -0.890. The number of hydrogen-bond acceptors (Lipinski definition) is 2. The third-order valence-electron chi connectivity index (χ3n) is 4.28. The quantitative estimate of drug-likeness (QED) is 0.760. The summed E-state index contributed by atoms with van der Waals surface area (Å²) in [7, 11) is 0. The summed E-state index contributed by atoms with van der Waals surface area (Å²) in [5, 5.41) is 10.8. The summed E-state index contributed by atoms with van der Waals surface area (Å²) in [6, 6.07) is 4.20. The molecule has 15 heavy (non-hydrogen) atoms. The zero-order valence-electron chi connectivity index (χ0n) is 9.38. The van der Waals surface area contributed by atoms with Crippen molar-refractivity contribution in [1.29, 1.82) is 0 Å². The Balaban J connectivity index is 2.19. The van der Waals surface area contributed by atoms with Gasteiger partial charge in [-0.2, -0.15) is 0 Å². The van der Waals surface area contributed by atoms with Gasteiger partial charge in [0.15, 0.2) is 0 Å². The zero-order chi connectivity index (χ0) is 10.7. The summed E-state index contributed by atoms with van der Waals surface area (Å²) in [6.45, 7) is 4.06. The first-order chi connectivity index (χ1) is 7.11. The molecule has 0 aromatic carbocycles. The van der Waals surface area contributed by atoms with Crippen LogP contribution in [0.5, 0.6) is 0 Å². The Kier molecular flexibility index (Phi) is 1.63. The largest absolute Gasteiger partial charge is 0.383 e. The highest BCUT2D eigenvalue weighted by Gasteiger charge is 2.63. The van der Waals surface area contributed by atoms with E-state index in [0.29, 0.717) is 0 Å². The minimum Gasteiger partial charge on any atom is -0.383 e. The third kappa shape index (κ3) is 1.01. The van der Waals surface area contributed by atoms with E-state index in [1.807, 2.05) is 6.92 Å². The monoisotopic (exact) mass is 203 g/mol. The molecule has 1 saturated carbocycles. The highest BCUT2D eigenvalue weighted by atomic mass is 16.3. The van der Waals surface area contributed by atoms with Crippen LogP contribution >= 0.6 is 0 Å². The molecule has 2 aliphatic carbocycles. The molecule has 2 nitrogen and oxygen atoms in total. The van der Waals surface area contributed by atoms with Gasteiger partial charge in [-0.15, -0.1) is 0 Å². The molecule has 0 bridgehead atoms. The van der Waals surface area contributed by atoms with Crippen LogP contribution in [-0.4, -0.2) is 10.1 Å². The normalized spacial score (nSPS) is 30.6. The van der Waals surface area contributed by atoms with Crippen molar-refractivity contribution >= 4 is 0 Å². The minimum atomic E-state index is -0.644. The Morgan fingerprint density at radius 2 is 2.13 bits per heavy atom. The zero-order valence-corrected chi connectivity index (χ0v) is 9.38. The maximum Gasteiger partial charge on any atom is 0.112 e. The van der Waals surface area contributed by atoms with E-state index in [-0.39, 0.29) is 5.41 Å². The predicted octanol–water partition coefficient (Wildman–Crippen LogP) is 2.32. The molecule has 80 valence electrons. The van der Waals surface area contributed by atoms with Gasteiger partial charge in [-0.05, 0) is 44.2 Å². The topological polar surface area (TPSA) is 33.1 Å². The average molecular weight is 203 g/mol. The SMILES string of the molecule is CCC1(O)c2nc(C)ccc2CC12CC2. The van der Waals surface area contributed by atoms with Crippen molar-refractivity contribution in [2.75, 3.05) is 0 Å². The molecule has 1 spiro atoms. The molecule has 1 N–H and O–H groups in total. The van der Waals surface area contributed by atoms with E-state index in [1.54, 1.807) is 0 Å². The van der Waals surface area contributed by atoms with Crippen molar-refractivity contribution in [1.82, 2.24) is 4.98 Å². The van der Waals surface area contributed by atoms with Crippen molar-refractivity contribution in [3.8, 4) is 0 Å². The van der Waals surface area contributed by atoms with Crippen LogP contribution in [0.4, 0.5) is 0 Å². The van der Waals surface area contributed by atoms with Crippen molar-refractivity contribution in [2.24, 2.45) is 5.41 Å². The summed E-state index contributed by atoms with van der Waals surface area (Å²) in [6.07, 6.45) is 4.13. The minimum absolute atomic E-state index is 0.144. The molecule has 1 unspecified atom stereocenters. The fourth-order valence-corrected chi connectivity index (χ4v) is 3.13. The third-order valence-corrected chi connectivity index (χ3v) is 4.28. The number of pyridine rings is 1. The molecule has 1 atom stereocenters. The summed E-state index contributed by atoms with van der Waals surface area (Å²) in [4.78, 5) is 4.56. The number of hydrogen-bond donors (Lipinski definition) is 1. The lowest BCUT2D eigenvalue weighted by molar-refractivity contribution is -0.0325. The lowest BCUT2D eigenvalue weighted by Gasteiger charge is -2.29. The van der Waals surface area contributed by atoms with Crippen molar-refractivity contribution < 1.29 is 5.11 Å². The standard InChI is InChI=1S/C13H17NO/c1-3-13(15)11-10(5-4-9(2)14-11)8-12(13)6-7-12/h4-5,15H,3,6-8H2,1-2H3. The van der Waals surface area contributed by atoms with E-state index in [1.165, 1.54) is 5.56 Å². The van der Waals surface area contributed by atoms with E-state index in [2.05, 4.69) is 24.0 Å². The molecule has 1 fully saturated rings. The Morgan fingerprint density at radius 1 is 1.40 bits per heavy atom. The van der Waals surface area contributed by atoms with Crippen LogP contribution in [-0.2, 0) is 12.0 Å². The highest BCUT2D eigenvalue weighted by Crippen LogP contribution is 2.65. The summed E-state index contributed by atoms with van der Waals surface area (Å²) in [5.74, 6) is 0. The van der Waals surface area contributed by atoms with E-state index >= 15 is 0 Å². The van der Waals surface area contributed by atoms with Gasteiger partial charge < -0.3 is 5.11 Å². The van der Waals surface area contributed by atoms with E-state index in [9.17, 15) is 5.11 Å². The molecule has 0 saturated heterocycles. The lowest BCUT2D eigenvalue weighted by atomic mass is 9.84. The first-order valence-corrected chi connectivity index (χ1v) is 5.81. The fraction of sp³-hybridized carbons (Fsp3) is 0.615. The summed E-state index contributed by atoms with van der Waals surface area (Å²) in [5.41, 5.74) is 2.74. The smallest absolute Gasteiger partial charge is 0.112 e. The van der Waals surface area contributed by atoms with E-state index in [0.717, 1.165) is 37.1 Å². The molecular weight excluding hydrogens is 186 g/mol. The number of fused-ring (bicyclic) bond motifs is 1. The number of nitrogens with zero attached hydrogens (tertiary/aromatic N) is 1. The Bertz CT molecular complexity index is 423. The highest BCUT2D eigenvalue weighted by molar-refractivity contribution is 5.40. The molecule has 1 aromatic heterocycles. The van der Waals surface area contributed by atoms with Crippen LogP contribution in [0.2, 0.25) is 0 Å². The van der Waals surface area contributed by atoms with Crippen LogP contribution in [0.25, 0.3) is 0 Å². The van der Waals surface area contributed by atoms with Gasteiger partial charge in [-0.3, -0.25) is 4.98 Å². The Morgan fingerprint density at radius 3 is 2.73 bits per heavy atom. The van der Waals surface area contributed by atoms with Crippen LogP contribution in [0, 0.1) is 12.3 Å². The second-order valence-corrected chi connectivity index (χ2v) is 5.13. The first kappa shape index (κ1) is 9.34. The van der Waals surface area contributed by atoms with Gasteiger partial charge in [-0.1, -0.05) is 13.0 Å². The number of aromatic nitrogens is 1. The van der Waals surface area contributed by atoms with Gasteiger partial charge >= 0.3 is 0 Å². The van der Waals surface area contributed by atoms with Crippen molar-refractivity contribution in [3.05, 3.63) is 29.1 Å². The predicted molar refractivity (Wildman–Crippen MR) is 58.5 cm³/mol. The molecule has 1 aromatic rings. The van der Waals surface area contributed by atoms with Crippen molar-refractivity contribution in [3.63, 3.8) is 0 Å². The van der Waals surface area contributed by atoms with E-state index < -0.39 is 5.60 Å². The Labute approximate surface area is 90.4 Å². The lowest BCUT2D eigenvalue weighted by Crippen LogP contribution is -2.33. The molecular formula is C13H17NO. The molecule has 2 heteroatoms. The van der Waals surface area contributed by atoms with Crippen LogP contribution < -0.4 is 0 Å². The van der Waals surface area contributed by atoms with Gasteiger partial charge in [-0.25, -0.2) is 0 Å². The number of aryl methyl sites for hydroxylation is 1. The summed E-state index contributed by atoms with van der Waals surface area (Å²) < 4.78 is 0. The second kappa shape index (κ2) is 2.62. The molecule has 1 heterocycles. The summed E-state index contributed by atoms with van der Waals surface area (Å²) >= 11 is 0. The molecule has 3 rings (SSSR count). The van der Waals surface area contributed by atoms with Gasteiger partial charge in [0.25, 0.3) is 0 Å². The van der Waals surface area contributed by atoms with E-state index in [4.69, 9.17) is 0 Å². The van der Waals surface area contributed by atoms with Gasteiger partial charge in [0.05, 0.1) is 5.69 Å².